The number of fused-ring (bicyclic) bond motifs is 2. The van der Waals surface area contributed by atoms with Gasteiger partial charge in [0.25, 0.3) is 0 Å². The predicted octanol–water partition coefficient (Wildman–Crippen LogP) is 10.1. The highest BCUT2D eigenvalue weighted by molar-refractivity contribution is 7.79. The molecule has 0 spiro atoms. The third-order valence-electron chi connectivity index (χ3n) is 7.02. The van der Waals surface area contributed by atoms with Crippen LogP contribution in [0.3, 0.4) is 0 Å². The van der Waals surface area contributed by atoms with Crippen molar-refractivity contribution in [3.8, 4) is 0 Å². The summed E-state index contributed by atoms with van der Waals surface area (Å²) >= 11 is 3.53. The third-order valence-corrected chi connectivity index (χ3v) is 7.02. The van der Waals surface area contributed by atoms with Crippen molar-refractivity contribution in [2.75, 3.05) is 12.0 Å². The molecule has 2 aromatic carbocycles. The first-order valence-corrected chi connectivity index (χ1v) is 16.5. The smallest absolute Gasteiger partial charge is 0.0314 e. The number of aryl methyl sites for hydroxylation is 1. The van der Waals surface area contributed by atoms with Crippen molar-refractivity contribution in [2.45, 2.75) is 81.1 Å². The van der Waals surface area contributed by atoms with Crippen LogP contribution in [0.2, 0.25) is 0 Å². The maximum atomic E-state index is 5.48. The fraction of sp³-hybridized carbons (Fsp3) is 0.385. The molecule has 5 rings (SSSR count). The summed E-state index contributed by atoms with van der Waals surface area (Å²) in [7, 11) is 0. The zero-order chi connectivity index (χ0) is 31.2. The fourth-order valence-corrected chi connectivity index (χ4v) is 4.95. The van der Waals surface area contributed by atoms with E-state index in [1.165, 1.54) is 16.4 Å². The number of anilines is 1. The molecule has 0 aromatic heterocycles. The normalized spacial score (nSPS) is 18.7. The zero-order valence-electron chi connectivity index (χ0n) is 27.4. The molecule has 0 heterocycles. The van der Waals surface area contributed by atoms with Crippen molar-refractivity contribution in [1.29, 1.82) is 0 Å². The average Bonchev–Trinajstić information content (AvgIpc) is 3.38. The van der Waals surface area contributed by atoms with Crippen LogP contribution in [0.1, 0.15) is 80.2 Å². The van der Waals surface area contributed by atoms with Crippen LogP contribution < -0.4 is 16.2 Å². The lowest BCUT2D eigenvalue weighted by molar-refractivity contribution is 0.709. The lowest BCUT2D eigenvalue weighted by Gasteiger charge is -2.25. The van der Waals surface area contributed by atoms with Gasteiger partial charge in [-0.15, -0.1) is 0 Å². The van der Waals surface area contributed by atoms with Crippen LogP contribution >= 0.6 is 12.6 Å². The van der Waals surface area contributed by atoms with Crippen molar-refractivity contribution in [3.63, 3.8) is 0 Å². The molecule has 1 nitrogen and oxygen atoms in total. The van der Waals surface area contributed by atoms with Gasteiger partial charge in [-0.1, -0.05) is 152 Å². The minimum absolute atomic E-state index is 0.562. The van der Waals surface area contributed by atoms with Crippen LogP contribution in [-0.2, 0) is 6.42 Å². The second-order valence-electron chi connectivity index (χ2n) is 9.11. The van der Waals surface area contributed by atoms with E-state index in [9.17, 15) is 0 Å². The maximum absolute atomic E-state index is 5.48. The van der Waals surface area contributed by atoms with Crippen molar-refractivity contribution < 1.29 is 0 Å². The number of hydrogen-bond donors (Lipinski definition) is 2. The van der Waals surface area contributed by atoms with Crippen molar-refractivity contribution in [2.24, 2.45) is 11.8 Å². The van der Waals surface area contributed by atoms with Gasteiger partial charge < -0.3 is 5.73 Å². The molecule has 2 atom stereocenters. The molecule has 2 heteroatoms. The van der Waals surface area contributed by atoms with E-state index in [2.05, 4.69) is 106 Å². The van der Waals surface area contributed by atoms with Gasteiger partial charge >= 0.3 is 0 Å². The summed E-state index contributed by atoms with van der Waals surface area (Å²) in [6.45, 7) is 20.6. The highest BCUT2D eigenvalue weighted by Gasteiger charge is 2.32. The average molecular weight is 572 g/mol. The van der Waals surface area contributed by atoms with Gasteiger partial charge in [-0.05, 0) is 71.2 Å². The molecule has 0 bridgehead atoms. The first kappa shape index (κ1) is 38.0. The van der Waals surface area contributed by atoms with Crippen molar-refractivity contribution in [3.05, 3.63) is 123 Å². The van der Waals surface area contributed by atoms with Crippen molar-refractivity contribution >= 4 is 31.0 Å². The Kier molecular flexibility index (Phi) is 21.0. The number of nitrogen functional groups attached to an aromatic ring is 1. The van der Waals surface area contributed by atoms with Gasteiger partial charge in [0.15, 0.2) is 0 Å². The summed E-state index contributed by atoms with van der Waals surface area (Å²) in [5, 5.41) is 2.36. The molecule has 2 aromatic rings. The number of nitrogens with two attached hydrogens (primary N) is 1. The van der Waals surface area contributed by atoms with E-state index in [4.69, 9.17) is 5.73 Å². The van der Waals surface area contributed by atoms with E-state index in [0.717, 1.165) is 36.6 Å². The van der Waals surface area contributed by atoms with E-state index in [-0.39, 0.29) is 0 Å². The SMILES string of the molecule is C=c1cccc/c1=C/C/C=C1\CC2=C(C=CC3=CC=CCC32)C1C.CC.CC.CC.CCc1ccc(N)cc1.CS. The molecule has 2 unspecified atom stereocenters. The van der Waals surface area contributed by atoms with E-state index in [0.29, 0.717) is 11.8 Å². The van der Waals surface area contributed by atoms with Gasteiger partial charge in [-0.25, -0.2) is 0 Å². The van der Waals surface area contributed by atoms with Gasteiger partial charge in [-0.2, -0.15) is 12.6 Å². The third kappa shape index (κ3) is 11.8. The standard InChI is InChI=1S/C24H24.C8H11N.3C2H6.CH4S/c1-17-8-3-4-9-19(17)11-7-12-21-16-24-22(18(21)2)15-14-20-10-5-6-13-23(20)24;1-2-7-3-5-8(9)6-4-7;4*1-2/h3-6,8-12,14-15,18,23H,1,7,13,16H2,2H3;3-6H,2,9H2,1H3;3*1-2H3;2H,1H3/b19-11-,21-12+;;;;;. The van der Waals surface area contributed by atoms with E-state index in [1.54, 1.807) is 23.0 Å². The topological polar surface area (TPSA) is 26.0 Å². The molecule has 41 heavy (non-hydrogen) atoms. The molecule has 2 N–H and O–H groups in total. The predicted molar refractivity (Wildman–Crippen MR) is 193 cm³/mol. The summed E-state index contributed by atoms with van der Waals surface area (Å²) in [5.41, 5.74) is 14.0. The summed E-state index contributed by atoms with van der Waals surface area (Å²) in [4.78, 5) is 0. The Labute approximate surface area is 258 Å². The Morgan fingerprint density at radius 1 is 0.902 bits per heavy atom. The van der Waals surface area contributed by atoms with E-state index in [1.807, 2.05) is 59.7 Å². The lowest BCUT2D eigenvalue weighted by atomic mass is 9.79. The molecule has 0 saturated carbocycles. The Morgan fingerprint density at radius 3 is 2.15 bits per heavy atom. The van der Waals surface area contributed by atoms with E-state index < -0.39 is 0 Å². The van der Waals surface area contributed by atoms with Crippen LogP contribution in [0.15, 0.2) is 107 Å². The molecule has 0 radical (unpaired) electrons. The Hall–Kier alpha value is -2.97. The highest BCUT2D eigenvalue weighted by atomic mass is 32.1. The first-order chi connectivity index (χ1) is 20.1. The molecular weight excluding hydrogens is 515 g/mol. The van der Waals surface area contributed by atoms with Crippen LogP contribution in [-0.4, -0.2) is 6.26 Å². The number of hydrogen-bond acceptors (Lipinski definition) is 2. The first-order valence-electron chi connectivity index (χ1n) is 15.6. The zero-order valence-corrected chi connectivity index (χ0v) is 28.3. The van der Waals surface area contributed by atoms with Crippen LogP contribution in [0.25, 0.3) is 12.7 Å². The van der Waals surface area contributed by atoms with Gasteiger partial charge in [0.05, 0.1) is 0 Å². The lowest BCUT2D eigenvalue weighted by Crippen LogP contribution is -2.21. The molecular formula is C39H57NS. The highest BCUT2D eigenvalue weighted by Crippen LogP contribution is 2.47. The van der Waals surface area contributed by atoms with Crippen molar-refractivity contribution in [1.82, 2.24) is 0 Å². The summed E-state index contributed by atoms with van der Waals surface area (Å²) in [6.07, 6.45) is 22.3. The summed E-state index contributed by atoms with van der Waals surface area (Å²) in [6, 6.07) is 16.3. The van der Waals surface area contributed by atoms with Gasteiger partial charge in [0, 0.05) is 17.5 Å². The fourth-order valence-electron chi connectivity index (χ4n) is 4.95. The Balaban J connectivity index is 0.000000789. The second kappa shape index (κ2) is 22.7. The molecule has 0 saturated heterocycles. The van der Waals surface area contributed by atoms with E-state index >= 15 is 0 Å². The number of benzene rings is 2. The van der Waals surface area contributed by atoms with Crippen LogP contribution in [0, 0.1) is 11.8 Å². The molecule has 224 valence electrons. The molecule has 3 aliphatic carbocycles. The van der Waals surface area contributed by atoms with Crippen LogP contribution in [0.5, 0.6) is 0 Å². The minimum Gasteiger partial charge on any atom is -0.399 e. The second-order valence-corrected chi connectivity index (χ2v) is 9.11. The Bertz CT molecular complexity index is 1260. The van der Waals surface area contributed by atoms with Gasteiger partial charge in [0.1, 0.15) is 0 Å². The minimum atomic E-state index is 0.562. The number of thiol groups is 1. The summed E-state index contributed by atoms with van der Waals surface area (Å²) in [5.74, 6) is 1.18. The van der Waals surface area contributed by atoms with Gasteiger partial charge in [0.2, 0.25) is 0 Å². The molecule has 3 aliphatic rings. The monoisotopic (exact) mass is 571 g/mol. The van der Waals surface area contributed by atoms with Gasteiger partial charge in [-0.3, -0.25) is 0 Å². The summed E-state index contributed by atoms with van der Waals surface area (Å²) < 4.78 is 0. The van der Waals surface area contributed by atoms with Crippen LogP contribution in [0.4, 0.5) is 5.69 Å². The maximum Gasteiger partial charge on any atom is 0.0314 e. The largest absolute Gasteiger partial charge is 0.399 e. The number of allylic oxidation sites excluding steroid dienone is 10. The molecule has 0 fully saturated rings. The molecule has 0 aliphatic heterocycles. The quantitative estimate of drug-likeness (QED) is 0.214. The Morgan fingerprint density at radius 2 is 1.54 bits per heavy atom. The number of rotatable bonds is 3. The molecule has 0 amide bonds.